The highest BCUT2D eigenvalue weighted by Gasteiger charge is 2.23. The van der Waals surface area contributed by atoms with Crippen molar-refractivity contribution >= 4 is 17.0 Å². The molecule has 0 spiro atoms. The van der Waals surface area contributed by atoms with E-state index >= 15 is 0 Å². The van der Waals surface area contributed by atoms with E-state index in [1.807, 2.05) is 23.6 Å². The normalized spacial score (nSPS) is 13.8. The molecule has 156 valence electrons. The molecule has 0 saturated heterocycles. The van der Waals surface area contributed by atoms with E-state index in [2.05, 4.69) is 14.9 Å². The van der Waals surface area contributed by atoms with E-state index in [9.17, 15) is 14.9 Å². The highest BCUT2D eigenvalue weighted by Crippen LogP contribution is 2.31. The van der Waals surface area contributed by atoms with E-state index < -0.39 is 4.92 Å². The molecule has 1 aliphatic heterocycles. The zero-order chi connectivity index (χ0) is 21.4. The first kappa shape index (κ1) is 19.4. The number of benzene rings is 1. The molecule has 0 saturated carbocycles. The minimum atomic E-state index is -0.414. The third-order valence-electron chi connectivity index (χ3n) is 5.31. The molecule has 3 aromatic heterocycles. The van der Waals surface area contributed by atoms with Crippen molar-refractivity contribution in [2.45, 2.75) is 19.5 Å². The van der Waals surface area contributed by atoms with E-state index in [0.717, 1.165) is 17.1 Å². The molecule has 1 aromatic carbocycles. The fourth-order valence-electron chi connectivity index (χ4n) is 3.82. The fourth-order valence-corrected chi connectivity index (χ4v) is 4.48. The molecule has 0 atom stereocenters. The highest BCUT2D eigenvalue weighted by molar-refractivity contribution is 7.13. The highest BCUT2D eigenvalue weighted by atomic mass is 32.1. The summed E-state index contributed by atoms with van der Waals surface area (Å²) in [7, 11) is 0. The number of nitrogens with zero attached hydrogens (tertiary/aromatic N) is 3. The molecule has 0 bridgehead atoms. The number of furan rings is 1. The lowest BCUT2D eigenvalue weighted by atomic mass is 10.1. The second-order valence-corrected chi connectivity index (χ2v) is 8.27. The van der Waals surface area contributed by atoms with Crippen LogP contribution in [0.1, 0.15) is 17.0 Å². The van der Waals surface area contributed by atoms with Crippen LogP contribution < -0.4 is 5.56 Å². The summed E-state index contributed by atoms with van der Waals surface area (Å²) in [5.74, 6) is 1.77. The summed E-state index contributed by atoms with van der Waals surface area (Å²) >= 11 is 1.54. The van der Waals surface area contributed by atoms with Crippen LogP contribution in [0.2, 0.25) is 0 Å². The third-order valence-corrected chi connectivity index (χ3v) is 6.19. The van der Waals surface area contributed by atoms with Gasteiger partial charge < -0.3 is 9.40 Å². The van der Waals surface area contributed by atoms with Crippen molar-refractivity contribution in [1.29, 1.82) is 0 Å². The molecule has 0 amide bonds. The van der Waals surface area contributed by atoms with Gasteiger partial charge in [-0.05, 0) is 29.6 Å². The van der Waals surface area contributed by atoms with Crippen molar-refractivity contribution < 1.29 is 9.34 Å². The molecule has 1 N–H and O–H groups in total. The molecule has 0 fully saturated rings. The predicted molar refractivity (Wildman–Crippen MR) is 117 cm³/mol. The van der Waals surface area contributed by atoms with Crippen LogP contribution in [-0.2, 0) is 19.5 Å². The second kappa shape index (κ2) is 7.93. The maximum atomic E-state index is 12.7. The maximum Gasteiger partial charge on any atom is 0.280 e. The monoisotopic (exact) mass is 434 g/mol. The summed E-state index contributed by atoms with van der Waals surface area (Å²) < 4.78 is 5.90. The Morgan fingerprint density at radius 3 is 2.87 bits per heavy atom. The van der Waals surface area contributed by atoms with Gasteiger partial charge in [0.2, 0.25) is 0 Å². The Morgan fingerprint density at radius 1 is 1.19 bits per heavy atom. The average Bonchev–Trinajstić information content (AvgIpc) is 3.46. The molecule has 0 aliphatic carbocycles. The van der Waals surface area contributed by atoms with Crippen LogP contribution in [0.5, 0.6) is 0 Å². The fraction of sp³-hybridized carbons (Fsp3) is 0.182. The summed E-state index contributed by atoms with van der Waals surface area (Å²) in [6, 6.07) is 14.0. The van der Waals surface area contributed by atoms with Gasteiger partial charge in [-0.25, -0.2) is 4.98 Å². The van der Waals surface area contributed by atoms with Crippen LogP contribution in [0.15, 0.2) is 63.1 Å². The number of nitro groups is 1. The lowest BCUT2D eigenvalue weighted by molar-refractivity contribution is -0.384. The Kier molecular flexibility index (Phi) is 4.97. The minimum Gasteiger partial charge on any atom is -0.459 e. The standard InChI is InChI=1S/C22H18N4O4S/c27-22-16-13-25(10-9-17(16)23-21(24-22)20-6-3-11-31-20)12-14-7-8-19(30-14)15-4-1-2-5-18(15)26(28)29/h1-8,11H,9-10,12-13H2,(H,23,24,27). The molecular formula is C22H18N4O4S. The number of nitro benzene ring substituents is 1. The van der Waals surface area contributed by atoms with Gasteiger partial charge in [-0.2, -0.15) is 0 Å². The van der Waals surface area contributed by atoms with Crippen molar-refractivity contribution in [3.63, 3.8) is 0 Å². The number of fused-ring (bicyclic) bond motifs is 1. The van der Waals surface area contributed by atoms with E-state index in [1.165, 1.54) is 6.07 Å². The van der Waals surface area contributed by atoms with Crippen LogP contribution in [0.25, 0.3) is 22.0 Å². The average molecular weight is 434 g/mol. The second-order valence-electron chi connectivity index (χ2n) is 7.32. The van der Waals surface area contributed by atoms with Gasteiger partial charge in [0, 0.05) is 25.6 Å². The first-order valence-corrected chi connectivity index (χ1v) is 10.7. The van der Waals surface area contributed by atoms with Crippen molar-refractivity contribution in [1.82, 2.24) is 14.9 Å². The number of aromatic nitrogens is 2. The number of hydrogen-bond donors (Lipinski definition) is 1. The molecule has 31 heavy (non-hydrogen) atoms. The molecule has 4 aromatic rings. The lowest BCUT2D eigenvalue weighted by Crippen LogP contribution is -2.35. The van der Waals surface area contributed by atoms with Crippen molar-refractivity contribution in [3.8, 4) is 22.0 Å². The lowest BCUT2D eigenvalue weighted by Gasteiger charge is -2.26. The SMILES string of the molecule is O=c1[nH]c(-c2cccs2)nc2c1CN(Cc1ccc(-c3ccccc3[N+](=O)[O-])o1)CC2. The molecule has 0 radical (unpaired) electrons. The zero-order valence-corrected chi connectivity index (χ0v) is 17.2. The van der Waals surface area contributed by atoms with Crippen molar-refractivity contribution in [3.05, 3.63) is 91.4 Å². The van der Waals surface area contributed by atoms with E-state index in [1.54, 1.807) is 35.6 Å². The van der Waals surface area contributed by atoms with Crippen LogP contribution in [0.3, 0.4) is 0 Å². The molecule has 1 aliphatic rings. The molecule has 0 unspecified atom stereocenters. The van der Waals surface area contributed by atoms with E-state index in [0.29, 0.717) is 48.0 Å². The largest absolute Gasteiger partial charge is 0.459 e. The number of H-pyrrole nitrogens is 1. The summed E-state index contributed by atoms with van der Waals surface area (Å²) in [6.45, 7) is 1.73. The number of nitrogens with one attached hydrogen (secondary N) is 1. The van der Waals surface area contributed by atoms with Gasteiger partial charge in [-0.15, -0.1) is 11.3 Å². The van der Waals surface area contributed by atoms with Gasteiger partial charge in [0.05, 0.1) is 33.2 Å². The van der Waals surface area contributed by atoms with Crippen LogP contribution >= 0.6 is 11.3 Å². The Hall–Kier alpha value is -3.56. The molecular weight excluding hydrogens is 416 g/mol. The Morgan fingerprint density at radius 2 is 2.06 bits per heavy atom. The van der Waals surface area contributed by atoms with Gasteiger partial charge in [0.1, 0.15) is 11.5 Å². The van der Waals surface area contributed by atoms with E-state index in [4.69, 9.17) is 4.42 Å². The molecule has 9 heteroatoms. The van der Waals surface area contributed by atoms with Crippen molar-refractivity contribution in [2.75, 3.05) is 6.54 Å². The summed E-state index contributed by atoms with van der Waals surface area (Å²) in [5, 5.41) is 13.2. The van der Waals surface area contributed by atoms with Gasteiger partial charge in [-0.1, -0.05) is 18.2 Å². The Balaban J connectivity index is 1.35. The number of aromatic amines is 1. The van der Waals surface area contributed by atoms with E-state index in [-0.39, 0.29) is 11.2 Å². The molecule has 4 heterocycles. The van der Waals surface area contributed by atoms with Crippen LogP contribution in [0.4, 0.5) is 5.69 Å². The van der Waals surface area contributed by atoms with Gasteiger partial charge in [-0.3, -0.25) is 19.8 Å². The number of para-hydroxylation sites is 1. The number of hydrogen-bond acceptors (Lipinski definition) is 7. The van der Waals surface area contributed by atoms with Gasteiger partial charge in [0.15, 0.2) is 5.82 Å². The summed E-state index contributed by atoms with van der Waals surface area (Å²) in [4.78, 5) is 34.2. The van der Waals surface area contributed by atoms with Crippen molar-refractivity contribution in [2.24, 2.45) is 0 Å². The number of thiophene rings is 1. The minimum absolute atomic E-state index is 0.00875. The van der Waals surface area contributed by atoms with Gasteiger partial charge in [0.25, 0.3) is 11.2 Å². The zero-order valence-electron chi connectivity index (χ0n) is 16.4. The quantitative estimate of drug-likeness (QED) is 0.372. The maximum absolute atomic E-state index is 12.7. The Bertz CT molecular complexity index is 1310. The smallest absolute Gasteiger partial charge is 0.280 e. The Labute approximate surface area is 181 Å². The first-order valence-electron chi connectivity index (χ1n) is 9.79. The third kappa shape index (κ3) is 3.80. The van der Waals surface area contributed by atoms with Crippen LogP contribution in [0, 0.1) is 10.1 Å². The summed E-state index contributed by atoms with van der Waals surface area (Å²) in [5.41, 5.74) is 1.86. The summed E-state index contributed by atoms with van der Waals surface area (Å²) in [6.07, 6.45) is 0.676. The number of rotatable bonds is 5. The van der Waals surface area contributed by atoms with Crippen LogP contribution in [-0.4, -0.2) is 26.3 Å². The molecule has 5 rings (SSSR count). The topological polar surface area (TPSA) is 105 Å². The first-order chi connectivity index (χ1) is 15.1. The molecule has 8 nitrogen and oxygen atoms in total. The predicted octanol–water partition coefficient (Wildman–Crippen LogP) is 4.22. The van der Waals surface area contributed by atoms with Gasteiger partial charge >= 0.3 is 0 Å².